The number of sulfonamides is 1. The number of carboxylic acid groups (broad SMARTS) is 1. The Morgan fingerprint density at radius 2 is 1.34 bits per heavy atom. The van der Waals surface area contributed by atoms with Crippen LogP contribution in [-0.4, -0.2) is 76.6 Å². The minimum absolute atomic E-state index is 0. The van der Waals surface area contributed by atoms with Crippen LogP contribution >= 0.6 is 24.8 Å². The minimum Gasteiger partial charge on any atom is -0.480 e. The molecule has 1 aromatic carbocycles. The van der Waals surface area contributed by atoms with Crippen molar-refractivity contribution in [3.05, 3.63) is 28.8 Å². The second kappa shape index (κ2) is 19.5. The zero-order valence-electron chi connectivity index (χ0n) is 26.1. The number of carbonyl (C=O) groups is 3. The summed E-state index contributed by atoms with van der Waals surface area (Å²) in [7, 11) is -4.16. The van der Waals surface area contributed by atoms with Crippen LogP contribution in [0.3, 0.4) is 0 Å². The maximum Gasteiger partial charge on any atom is 0.323 e. The molecule has 0 aliphatic carbocycles. The molecule has 1 atom stereocenters. The lowest BCUT2D eigenvalue weighted by atomic mass is 9.84. The first-order valence-electron chi connectivity index (χ1n) is 15.2. The van der Waals surface area contributed by atoms with Crippen LogP contribution in [0, 0.1) is 38.5 Å². The summed E-state index contributed by atoms with van der Waals surface area (Å²) in [5.41, 5.74) is 1.91. The van der Waals surface area contributed by atoms with Crippen molar-refractivity contribution < 1.29 is 27.9 Å². The van der Waals surface area contributed by atoms with E-state index in [-0.39, 0.29) is 48.1 Å². The van der Waals surface area contributed by atoms with E-state index in [2.05, 4.69) is 26.0 Å². The first-order chi connectivity index (χ1) is 20.0. The van der Waals surface area contributed by atoms with E-state index in [4.69, 9.17) is 0 Å². The van der Waals surface area contributed by atoms with Crippen LogP contribution in [0.25, 0.3) is 0 Å². The Labute approximate surface area is 274 Å². The molecular formula is C30H51Cl2N5O6S. The van der Waals surface area contributed by atoms with Gasteiger partial charge < -0.3 is 26.4 Å². The molecule has 0 bridgehead atoms. The van der Waals surface area contributed by atoms with Gasteiger partial charge in [0.15, 0.2) is 0 Å². The number of halogens is 2. The molecule has 2 saturated heterocycles. The molecule has 1 unspecified atom stereocenters. The third-order valence-corrected chi connectivity index (χ3v) is 10.3. The van der Waals surface area contributed by atoms with Crippen molar-refractivity contribution >= 4 is 52.6 Å². The van der Waals surface area contributed by atoms with Crippen molar-refractivity contribution in [1.29, 1.82) is 0 Å². The smallest absolute Gasteiger partial charge is 0.323 e. The van der Waals surface area contributed by atoms with Gasteiger partial charge in [-0.25, -0.2) is 8.42 Å². The molecule has 2 fully saturated rings. The summed E-state index contributed by atoms with van der Waals surface area (Å²) in [6, 6.07) is 1.86. The van der Waals surface area contributed by atoms with Crippen molar-refractivity contribution in [2.24, 2.45) is 17.8 Å². The quantitative estimate of drug-likeness (QED) is 0.165. The number of rotatable bonds is 15. The lowest BCUT2D eigenvalue weighted by Crippen LogP contribution is -2.50. The van der Waals surface area contributed by atoms with E-state index < -0.39 is 34.5 Å². The van der Waals surface area contributed by atoms with E-state index in [0.29, 0.717) is 23.0 Å². The SMILES string of the molecule is Cc1cc(C)c(S(=O)(=O)NC(CNC(=O)CNC(=O)C(CCC2CCNCC2)CCC2CCNCC2)C(=O)O)c(C)c1.Cl.Cl. The average Bonchev–Trinajstić information content (AvgIpc) is 2.94. The van der Waals surface area contributed by atoms with Crippen LogP contribution in [0.2, 0.25) is 0 Å². The monoisotopic (exact) mass is 679 g/mol. The zero-order chi connectivity index (χ0) is 30.7. The molecule has 3 rings (SSSR count). The van der Waals surface area contributed by atoms with Gasteiger partial charge >= 0.3 is 5.97 Å². The third kappa shape index (κ3) is 12.8. The van der Waals surface area contributed by atoms with Crippen molar-refractivity contribution in [1.82, 2.24) is 26.0 Å². The van der Waals surface area contributed by atoms with Gasteiger partial charge in [0.1, 0.15) is 6.04 Å². The van der Waals surface area contributed by atoms with E-state index in [1.54, 1.807) is 26.0 Å². The lowest BCUT2D eigenvalue weighted by Gasteiger charge is -2.27. The van der Waals surface area contributed by atoms with Gasteiger partial charge in [-0.05, 0) is 121 Å². The van der Waals surface area contributed by atoms with Crippen LogP contribution in [0.1, 0.15) is 68.1 Å². The number of aryl methyl sites for hydroxylation is 3. The minimum atomic E-state index is -4.16. The Bertz CT molecular complexity index is 1150. The van der Waals surface area contributed by atoms with Gasteiger partial charge in [0, 0.05) is 12.5 Å². The Morgan fingerprint density at radius 1 is 0.864 bits per heavy atom. The number of hydrogen-bond donors (Lipinski definition) is 6. The van der Waals surface area contributed by atoms with Crippen LogP contribution in [0.15, 0.2) is 17.0 Å². The highest BCUT2D eigenvalue weighted by atomic mass is 35.5. The zero-order valence-corrected chi connectivity index (χ0v) is 28.5. The van der Waals surface area contributed by atoms with Crippen molar-refractivity contribution in [2.75, 3.05) is 39.3 Å². The van der Waals surface area contributed by atoms with Gasteiger partial charge in [0.25, 0.3) is 0 Å². The van der Waals surface area contributed by atoms with Crippen LogP contribution in [0.5, 0.6) is 0 Å². The Morgan fingerprint density at radius 3 is 1.80 bits per heavy atom. The topological polar surface area (TPSA) is 166 Å². The largest absolute Gasteiger partial charge is 0.480 e. The molecule has 0 radical (unpaired) electrons. The summed E-state index contributed by atoms with van der Waals surface area (Å²) in [6.07, 6.45) is 7.99. The van der Waals surface area contributed by atoms with E-state index in [1.165, 1.54) is 0 Å². The number of benzene rings is 1. The molecule has 11 nitrogen and oxygen atoms in total. The number of amides is 2. The maximum absolute atomic E-state index is 13.2. The van der Waals surface area contributed by atoms with Gasteiger partial charge in [-0.1, -0.05) is 17.7 Å². The van der Waals surface area contributed by atoms with Crippen molar-refractivity contribution in [3.8, 4) is 0 Å². The normalized spacial score (nSPS) is 16.8. The summed E-state index contributed by atoms with van der Waals surface area (Å²) in [6.45, 7) is 8.43. The van der Waals surface area contributed by atoms with Gasteiger partial charge in [0.05, 0.1) is 11.4 Å². The highest BCUT2D eigenvalue weighted by molar-refractivity contribution is 7.89. The Kier molecular flexibility index (Phi) is 17.8. The molecule has 0 saturated carbocycles. The summed E-state index contributed by atoms with van der Waals surface area (Å²) in [5, 5.41) is 21.6. The summed E-state index contributed by atoms with van der Waals surface area (Å²) >= 11 is 0. The maximum atomic E-state index is 13.2. The van der Waals surface area contributed by atoms with E-state index >= 15 is 0 Å². The first-order valence-corrected chi connectivity index (χ1v) is 16.7. The molecule has 1 aromatic rings. The second-order valence-electron chi connectivity index (χ2n) is 12.0. The predicted octanol–water partition coefficient (Wildman–Crippen LogP) is 2.60. The van der Waals surface area contributed by atoms with Crippen LogP contribution < -0.4 is 26.0 Å². The summed E-state index contributed by atoms with van der Waals surface area (Å²) in [5.74, 6) is -1.12. The Hall–Kier alpha value is -1.96. The molecule has 2 amide bonds. The molecule has 0 aromatic heterocycles. The molecule has 14 heteroatoms. The van der Waals surface area contributed by atoms with Gasteiger partial charge in [-0.2, -0.15) is 4.72 Å². The number of carboxylic acids is 1. The van der Waals surface area contributed by atoms with Crippen molar-refractivity contribution in [3.63, 3.8) is 0 Å². The van der Waals surface area contributed by atoms with Gasteiger partial charge in [-0.3, -0.25) is 14.4 Å². The van der Waals surface area contributed by atoms with Gasteiger partial charge in [-0.15, -0.1) is 24.8 Å². The number of aliphatic carboxylic acids is 1. The van der Waals surface area contributed by atoms with E-state index in [0.717, 1.165) is 83.1 Å². The standard InChI is InChI=1S/C30H49N5O6S.2ClH/c1-20-16-21(2)28(22(3)17-20)42(40,41)35-26(30(38)39)18-33-27(36)19-34-29(37)25(6-4-23-8-12-31-13-9-23)7-5-24-10-14-32-15-11-24;;/h16-17,23-26,31-32,35H,4-15,18-19H2,1-3H3,(H,33,36)(H,34,37)(H,38,39);2*1H. The Balaban J connectivity index is 0.00000484. The predicted molar refractivity (Wildman–Crippen MR) is 176 cm³/mol. The molecule has 2 aliphatic heterocycles. The fourth-order valence-electron chi connectivity index (χ4n) is 6.23. The van der Waals surface area contributed by atoms with E-state index in [1.807, 2.05) is 6.92 Å². The van der Waals surface area contributed by atoms with Crippen molar-refractivity contribution in [2.45, 2.75) is 83.1 Å². The summed E-state index contributed by atoms with van der Waals surface area (Å²) in [4.78, 5) is 37.6. The number of carbonyl (C=O) groups excluding carboxylic acids is 2. The number of nitrogens with one attached hydrogen (secondary N) is 5. The second-order valence-corrected chi connectivity index (χ2v) is 13.7. The lowest BCUT2D eigenvalue weighted by molar-refractivity contribution is -0.139. The van der Waals surface area contributed by atoms with Gasteiger partial charge in [0.2, 0.25) is 21.8 Å². The third-order valence-electron chi connectivity index (χ3n) is 8.53. The molecule has 252 valence electrons. The molecule has 2 heterocycles. The highest BCUT2D eigenvalue weighted by Gasteiger charge is 2.29. The average molecular weight is 681 g/mol. The number of hydrogen-bond acceptors (Lipinski definition) is 7. The molecule has 6 N–H and O–H groups in total. The fourth-order valence-corrected chi connectivity index (χ4v) is 7.87. The fraction of sp³-hybridized carbons (Fsp3) is 0.700. The first kappa shape index (κ1) is 40.1. The number of piperidine rings is 2. The highest BCUT2D eigenvalue weighted by Crippen LogP contribution is 2.27. The van der Waals surface area contributed by atoms with E-state index in [9.17, 15) is 27.9 Å². The molecule has 44 heavy (non-hydrogen) atoms. The summed E-state index contributed by atoms with van der Waals surface area (Å²) < 4.78 is 28.3. The molecule has 2 aliphatic rings. The van der Waals surface area contributed by atoms with Crippen LogP contribution in [-0.2, 0) is 24.4 Å². The molecule has 0 spiro atoms. The molecular weight excluding hydrogens is 629 g/mol. The van der Waals surface area contributed by atoms with Crippen LogP contribution in [0.4, 0.5) is 0 Å².